The van der Waals surface area contributed by atoms with Crippen molar-refractivity contribution in [3.63, 3.8) is 0 Å². The van der Waals surface area contributed by atoms with Gasteiger partial charge in [-0.3, -0.25) is 4.79 Å². The Hall–Kier alpha value is -1.72. The quantitative estimate of drug-likeness (QED) is 0.914. The van der Waals surface area contributed by atoms with Crippen LogP contribution < -0.4 is 11.1 Å². The number of carbonyl (C=O) groups excluding carboxylic acids is 1. The number of rotatable bonds is 3. The van der Waals surface area contributed by atoms with Gasteiger partial charge in [-0.25, -0.2) is 4.98 Å². The van der Waals surface area contributed by atoms with Crippen molar-refractivity contribution < 1.29 is 4.79 Å². The first kappa shape index (κ1) is 13.7. The van der Waals surface area contributed by atoms with E-state index in [0.29, 0.717) is 5.82 Å². The minimum absolute atomic E-state index is 0.277. The molecule has 0 fully saturated rings. The fourth-order valence-corrected chi connectivity index (χ4v) is 1.84. The SMILES string of the molecule is Cc1cc(NC(=O)[C@@H](N)c2ccccc2)ncc1Br. The van der Waals surface area contributed by atoms with E-state index >= 15 is 0 Å². The fourth-order valence-electron chi connectivity index (χ4n) is 1.62. The summed E-state index contributed by atoms with van der Waals surface area (Å²) in [6.45, 7) is 1.93. The van der Waals surface area contributed by atoms with Crippen LogP contribution in [0.25, 0.3) is 0 Å². The summed E-state index contributed by atoms with van der Waals surface area (Å²) in [5.74, 6) is 0.220. The molecule has 0 aliphatic heterocycles. The minimum Gasteiger partial charge on any atom is -0.316 e. The highest BCUT2D eigenvalue weighted by Crippen LogP contribution is 2.18. The largest absolute Gasteiger partial charge is 0.316 e. The van der Waals surface area contributed by atoms with E-state index in [2.05, 4.69) is 26.2 Å². The van der Waals surface area contributed by atoms with Crippen molar-refractivity contribution in [2.24, 2.45) is 5.73 Å². The number of pyridine rings is 1. The van der Waals surface area contributed by atoms with Crippen LogP contribution in [0.2, 0.25) is 0 Å². The number of hydrogen-bond donors (Lipinski definition) is 2. The summed E-state index contributed by atoms with van der Waals surface area (Å²) >= 11 is 3.36. The molecule has 0 aliphatic rings. The highest BCUT2D eigenvalue weighted by atomic mass is 79.9. The van der Waals surface area contributed by atoms with Crippen LogP contribution >= 0.6 is 15.9 Å². The molecular weight excluding hydrogens is 306 g/mol. The molecule has 1 heterocycles. The lowest BCUT2D eigenvalue weighted by Gasteiger charge is -2.12. The summed E-state index contributed by atoms with van der Waals surface area (Å²) < 4.78 is 0.901. The van der Waals surface area contributed by atoms with Crippen LogP contribution in [0.3, 0.4) is 0 Å². The van der Waals surface area contributed by atoms with Crippen molar-refractivity contribution in [2.75, 3.05) is 5.32 Å². The van der Waals surface area contributed by atoms with Crippen molar-refractivity contribution >= 4 is 27.7 Å². The molecule has 0 saturated carbocycles. The summed E-state index contributed by atoms with van der Waals surface area (Å²) in [7, 11) is 0. The van der Waals surface area contributed by atoms with Gasteiger partial charge in [0.1, 0.15) is 11.9 Å². The Morgan fingerprint density at radius 1 is 1.37 bits per heavy atom. The van der Waals surface area contributed by atoms with E-state index in [4.69, 9.17) is 5.73 Å². The van der Waals surface area contributed by atoms with E-state index in [1.807, 2.05) is 37.3 Å². The highest BCUT2D eigenvalue weighted by Gasteiger charge is 2.16. The Bertz CT molecular complexity index is 586. The topological polar surface area (TPSA) is 68.0 Å². The van der Waals surface area contributed by atoms with Crippen molar-refractivity contribution in [2.45, 2.75) is 13.0 Å². The molecule has 0 spiro atoms. The average molecular weight is 320 g/mol. The molecule has 0 aliphatic carbocycles. The van der Waals surface area contributed by atoms with Crippen molar-refractivity contribution in [3.05, 3.63) is 58.2 Å². The molecule has 19 heavy (non-hydrogen) atoms. The Morgan fingerprint density at radius 3 is 2.68 bits per heavy atom. The zero-order valence-corrected chi connectivity index (χ0v) is 12.0. The Balaban J connectivity index is 2.10. The number of nitrogens with one attached hydrogen (secondary N) is 1. The third-order valence-electron chi connectivity index (χ3n) is 2.74. The number of anilines is 1. The number of hydrogen-bond acceptors (Lipinski definition) is 3. The van der Waals surface area contributed by atoms with Gasteiger partial charge in [0.2, 0.25) is 5.91 Å². The van der Waals surface area contributed by atoms with Gasteiger partial charge in [0.05, 0.1) is 0 Å². The number of aromatic nitrogens is 1. The molecule has 4 nitrogen and oxygen atoms in total. The Morgan fingerprint density at radius 2 is 2.05 bits per heavy atom. The summed E-state index contributed by atoms with van der Waals surface area (Å²) in [4.78, 5) is 16.1. The van der Waals surface area contributed by atoms with Crippen LogP contribution in [0.4, 0.5) is 5.82 Å². The average Bonchev–Trinajstić information content (AvgIpc) is 2.43. The molecule has 1 aromatic carbocycles. The number of benzene rings is 1. The lowest BCUT2D eigenvalue weighted by Crippen LogP contribution is -2.28. The number of nitrogens with zero attached hydrogens (tertiary/aromatic N) is 1. The Kier molecular flexibility index (Phi) is 4.29. The molecule has 1 amide bonds. The van der Waals surface area contributed by atoms with Crippen molar-refractivity contribution in [1.82, 2.24) is 4.98 Å². The molecular formula is C14H14BrN3O. The zero-order valence-electron chi connectivity index (χ0n) is 10.4. The van der Waals surface area contributed by atoms with Gasteiger partial charge in [0, 0.05) is 10.7 Å². The molecule has 0 radical (unpaired) electrons. The molecule has 0 unspecified atom stereocenters. The second-order valence-corrected chi connectivity index (χ2v) is 5.05. The zero-order chi connectivity index (χ0) is 13.8. The van der Waals surface area contributed by atoms with Crippen molar-refractivity contribution in [3.8, 4) is 0 Å². The number of carbonyl (C=O) groups is 1. The molecule has 0 bridgehead atoms. The van der Waals surface area contributed by atoms with Gasteiger partial charge in [-0.15, -0.1) is 0 Å². The van der Waals surface area contributed by atoms with Crippen LogP contribution in [0.1, 0.15) is 17.2 Å². The summed E-state index contributed by atoms with van der Waals surface area (Å²) in [5, 5.41) is 2.71. The molecule has 5 heteroatoms. The lowest BCUT2D eigenvalue weighted by molar-refractivity contribution is -0.117. The van der Waals surface area contributed by atoms with Gasteiger partial charge in [-0.2, -0.15) is 0 Å². The molecule has 1 atom stereocenters. The molecule has 2 aromatic rings. The number of halogens is 1. The summed E-state index contributed by atoms with van der Waals surface area (Å²) in [5.41, 5.74) is 7.68. The van der Waals surface area contributed by atoms with Crippen LogP contribution in [-0.2, 0) is 4.79 Å². The molecule has 3 N–H and O–H groups in total. The second-order valence-electron chi connectivity index (χ2n) is 4.20. The maximum absolute atomic E-state index is 12.0. The number of nitrogens with two attached hydrogens (primary N) is 1. The highest BCUT2D eigenvalue weighted by molar-refractivity contribution is 9.10. The fraction of sp³-hybridized carbons (Fsp3) is 0.143. The van der Waals surface area contributed by atoms with Crippen LogP contribution in [0.15, 0.2) is 47.1 Å². The van der Waals surface area contributed by atoms with Crippen molar-refractivity contribution in [1.29, 1.82) is 0 Å². The monoisotopic (exact) mass is 319 g/mol. The maximum Gasteiger partial charge on any atom is 0.247 e. The van der Waals surface area contributed by atoms with E-state index < -0.39 is 6.04 Å². The van der Waals surface area contributed by atoms with E-state index in [-0.39, 0.29) is 5.91 Å². The first-order valence-electron chi connectivity index (χ1n) is 5.81. The predicted octanol–water partition coefficient (Wildman–Crippen LogP) is 2.79. The molecule has 2 rings (SSSR count). The van der Waals surface area contributed by atoms with Crippen LogP contribution in [-0.4, -0.2) is 10.9 Å². The molecule has 0 saturated heterocycles. The third-order valence-corrected chi connectivity index (χ3v) is 3.57. The predicted molar refractivity (Wildman–Crippen MR) is 78.7 cm³/mol. The van der Waals surface area contributed by atoms with Gasteiger partial charge >= 0.3 is 0 Å². The van der Waals surface area contributed by atoms with E-state index in [1.165, 1.54) is 0 Å². The Labute approximate surface area is 120 Å². The van der Waals surface area contributed by atoms with Gasteiger partial charge in [0.15, 0.2) is 0 Å². The minimum atomic E-state index is -0.702. The maximum atomic E-state index is 12.0. The number of amides is 1. The van der Waals surface area contributed by atoms with Gasteiger partial charge < -0.3 is 11.1 Å². The van der Waals surface area contributed by atoms with Gasteiger partial charge in [-0.1, -0.05) is 30.3 Å². The first-order chi connectivity index (χ1) is 9.08. The third kappa shape index (κ3) is 3.39. The summed E-state index contributed by atoms with van der Waals surface area (Å²) in [6, 6.07) is 10.3. The van der Waals surface area contributed by atoms with Gasteiger partial charge in [0.25, 0.3) is 0 Å². The summed E-state index contributed by atoms with van der Waals surface area (Å²) in [6.07, 6.45) is 1.65. The van der Waals surface area contributed by atoms with Gasteiger partial charge in [-0.05, 0) is 40.0 Å². The molecule has 1 aromatic heterocycles. The van der Waals surface area contributed by atoms with E-state index in [0.717, 1.165) is 15.6 Å². The molecule has 98 valence electrons. The smallest absolute Gasteiger partial charge is 0.247 e. The van der Waals surface area contributed by atoms with E-state index in [9.17, 15) is 4.79 Å². The van der Waals surface area contributed by atoms with Crippen LogP contribution in [0.5, 0.6) is 0 Å². The first-order valence-corrected chi connectivity index (χ1v) is 6.61. The number of aryl methyl sites for hydroxylation is 1. The van der Waals surface area contributed by atoms with E-state index in [1.54, 1.807) is 12.3 Å². The second kappa shape index (κ2) is 5.95. The van der Waals surface area contributed by atoms with Crippen LogP contribution in [0, 0.1) is 6.92 Å². The standard InChI is InChI=1S/C14H14BrN3O/c1-9-7-12(17-8-11(9)15)18-14(19)13(16)10-5-3-2-4-6-10/h2-8,13H,16H2,1H3,(H,17,18,19)/t13-/m0/s1. The normalized spacial score (nSPS) is 11.9. The lowest BCUT2D eigenvalue weighted by atomic mass is 10.1.